The Balaban J connectivity index is 1.58. The van der Waals surface area contributed by atoms with Crippen LogP contribution in [-0.4, -0.2) is 47.3 Å². The van der Waals surface area contributed by atoms with E-state index in [0.29, 0.717) is 23.9 Å². The number of carbonyl (C=O) groups is 2. The second-order valence-corrected chi connectivity index (χ2v) is 7.38. The molecule has 1 aromatic carbocycles. The largest absolute Gasteiger partial charge is 0.303 e. The first-order chi connectivity index (χ1) is 11.8. The topological polar surface area (TPSA) is 54.3 Å². The number of aldehydes is 1. The molecule has 3 fully saturated rings. The zero-order valence-corrected chi connectivity index (χ0v) is 13.6. The number of aromatic nitrogens is 1. The number of nitrogens with one attached hydrogen (secondary N) is 1. The summed E-state index contributed by atoms with van der Waals surface area (Å²) < 4.78 is 1.78. The number of carbonyl (C=O) groups excluding carboxylic acids is 2. The smallest absolute Gasteiger partial charge is 0.248 e. The molecule has 0 aliphatic carbocycles. The van der Waals surface area contributed by atoms with Crippen molar-refractivity contribution in [3.63, 3.8) is 0 Å². The van der Waals surface area contributed by atoms with Crippen LogP contribution >= 0.6 is 0 Å². The quantitative estimate of drug-likeness (QED) is 0.858. The molecule has 0 saturated carbocycles. The summed E-state index contributed by atoms with van der Waals surface area (Å²) in [7, 11) is 0. The molecule has 1 aromatic heterocycles. The third-order valence-corrected chi connectivity index (χ3v) is 6.24. The van der Waals surface area contributed by atoms with Crippen LogP contribution in [0.1, 0.15) is 33.6 Å². The van der Waals surface area contributed by atoms with Crippen LogP contribution in [0.5, 0.6) is 0 Å². The van der Waals surface area contributed by atoms with E-state index in [1.165, 1.54) is 25.9 Å². The SMILES string of the molecule is O=Cc1ccc2c3c1ccn3C(=O)[C@H](C1CN3CCC1CC3)NC2. The first kappa shape index (κ1) is 14.4. The molecule has 2 atom stereocenters. The molecular weight excluding hydrogens is 302 g/mol. The average molecular weight is 323 g/mol. The van der Waals surface area contributed by atoms with E-state index in [9.17, 15) is 9.59 Å². The lowest BCUT2D eigenvalue weighted by atomic mass is 9.75. The molecule has 0 spiro atoms. The van der Waals surface area contributed by atoms with Crippen molar-refractivity contribution in [1.29, 1.82) is 0 Å². The molecular formula is C19H21N3O2. The van der Waals surface area contributed by atoms with Gasteiger partial charge in [-0.15, -0.1) is 0 Å². The van der Waals surface area contributed by atoms with Gasteiger partial charge in [0.1, 0.15) is 0 Å². The Hall–Kier alpha value is -1.98. The molecule has 4 aliphatic rings. The third-order valence-electron chi connectivity index (χ3n) is 6.24. The van der Waals surface area contributed by atoms with Crippen molar-refractivity contribution in [1.82, 2.24) is 14.8 Å². The van der Waals surface area contributed by atoms with Gasteiger partial charge in [0.25, 0.3) is 0 Å². The molecule has 1 N–H and O–H groups in total. The molecule has 3 saturated heterocycles. The summed E-state index contributed by atoms with van der Waals surface area (Å²) in [6.45, 7) is 4.06. The lowest BCUT2D eigenvalue weighted by molar-refractivity contribution is 0.0266. The monoisotopic (exact) mass is 323 g/mol. The first-order valence-corrected chi connectivity index (χ1v) is 8.84. The summed E-state index contributed by atoms with van der Waals surface area (Å²) in [4.78, 5) is 27.0. The van der Waals surface area contributed by atoms with Crippen molar-refractivity contribution in [2.45, 2.75) is 25.4 Å². The van der Waals surface area contributed by atoms with Gasteiger partial charge in [-0.1, -0.05) is 12.1 Å². The van der Waals surface area contributed by atoms with Crippen LogP contribution in [0.25, 0.3) is 10.9 Å². The summed E-state index contributed by atoms with van der Waals surface area (Å²) in [5.41, 5.74) is 2.65. The predicted molar refractivity (Wildman–Crippen MR) is 91.2 cm³/mol. The summed E-state index contributed by atoms with van der Waals surface area (Å²) in [6.07, 6.45) is 5.13. The van der Waals surface area contributed by atoms with Crippen LogP contribution in [0.15, 0.2) is 24.4 Å². The maximum absolute atomic E-state index is 13.3. The van der Waals surface area contributed by atoms with Gasteiger partial charge in [-0.25, -0.2) is 0 Å². The number of fused-ring (bicyclic) bond motifs is 3. The first-order valence-electron chi connectivity index (χ1n) is 8.84. The summed E-state index contributed by atoms with van der Waals surface area (Å²) in [5.74, 6) is 1.16. The Morgan fingerprint density at radius 1 is 1.17 bits per heavy atom. The van der Waals surface area contributed by atoms with E-state index in [1.807, 2.05) is 24.4 Å². The Bertz CT molecular complexity index is 832. The number of piperidine rings is 3. The molecule has 0 radical (unpaired) electrons. The fourth-order valence-corrected chi connectivity index (χ4v) is 4.96. The van der Waals surface area contributed by atoms with Gasteiger partial charge in [-0.3, -0.25) is 14.2 Å². The molecule has 5 nitrogen and oxygen atoms in total. The van der Waals surface area contributed by atoms with Gasteiger partial charge in [-0.2, -0.15) is 0 Å². The number of benzene rings is 1. The van der Waals surface area contributed by atoms with Crippen molar-refractivity contribution in [3.05, 3.63) is 35.5 Å². The molecule has 2 bridgehead atoms. The van der Waals surface area contributed by atoms with Crippen molar-refractivity contribution < 1.29 is 9.59 Å². The minimum Gasteiger partial charge on any atom is -0.303 e. The maximum atomic E-state index is 13.3. The maximum Gasteiger partial charge on any atom is 0.248 e. The molecule has 6 rings (SSSR count). The van der Waals surface area contributed by atoms with Gasteiger partial charge in [0.2, 0.25) is 5.91 Å². The molecule has 5 heterocycles. The second-order valence-electron chi connectivity index (χ2n) is 7.38. The van der Waals surface area contributed by atoms with Crippen LogP contribution in [0.4, 0.5) is 0 Å². The van der Waals surface area contributed by atoms with Crippen molar-refractivity contribution in [3.8, 4) is 0 Å². The standard InChI is InChI=1S/C19H21N3O2/c23-11-14-2-1-13-9-20-17(16-10-21-6-3-12(16)4-7-21)19(24)22-8-5-15(14)18(13)22/h1-2,5,8,11-12,16-17,20H,3-4,6-7,9-10H2/t16?,17-/m0/s1. The highest BCUT2D eigenvalue weighted by atomic mass is 16.2. The van der Waals surface area contributed by atoms with E-state index in [0.717, 1.165) is 29.3 Å². The van der Waals surface area contributed by atoms with Crippen LogP contribution < -0.4 is 5.32 Å². The Morgan fingerprint density at radius 2 is 2.00 bits per heavy atom. The average Bonchev–Trinajstić information content (AvgIpc) is 3.02. The Labute approximate surface area is 140 Å². The molecule has 4 aliphatic heterocycles. The molecule has 5 heteroatoms. The number of hydrogen-bond donors (Lipinski definition) is 1. The van der Waals surface area contributed by atoms with Crippen LogP contribution in [0.2, 0.25) is 0 Å². The predicted octanol–water partition coefficient (Wildman–Crippen LogP) is 1.91. The zero-order valence-electron chi connectivity index (χ0n) is 13.6. The van der Waals surface area contributed by atoms with Crippen molar-refractivity contribution in [2.24, 2.45) is 11.8 Å². The minimum absolute atomic E-state index is 0.130. The van der Waals surface area contributed by atoms with E-state index in [4.69, 9.17) is 0 Å². The molecule has 124 valence electrons. The lowest BCUT2D eigenvalue weighted by Crippen LogP contribution is -2.57. The van der Waals surface area contributed by atoms with Gasteiger partial charge in [0.05, 0.1) is 11.6 Å². The second kappa shape index (κ2) is 5.26. The fourth-order valence-electron chi connectivity index (χ4n) is 4.96. The number of nitrogens with zero attached hydrogens (tertiary/aromatic N) is 2. The highest BCUT2D eigenvalue weighted by molar-refractivity contribution is 6.04. The minimum atomic E-state index is -0.138. The Morgan fingerprint density at radius 3 is 2.71 bits per heavy atom. The third kappa shape index (κ3) is 1.95. The van der Waals surface area contributed by atoms with Crippen LogP contribution in [0, 0.1) is 11.8 Å². The van der Waals surface area contributed by atoms with E-state index >= 15 is 0 Å². The van der Waals surface area contributed by atoms with Gasteiger partial charge in [-0.05, 0) is 49.4 Å². The van der Waals surface area contributed by atoms with Crippen LogP contribution in [-0.2, 0) is 6.54 Å². The van der Waals surface area contributed by atoms with Gasteiger partial charge < -0.3 is 10.2 Å². The fraction of sp³-hybridized carbons (Fsp3) is 0.474. The molecule has 0 amide bonds. The van der Waals surface area contributed by atoms with E-state index in [2.05, 4.69) is 10.2 Å². The van der Waals surface area contributed by atoms with E-state index < -0.39 is 0 Å². The summed E-state index contributed by atoms with van der Waals surface area (Å²) in [6, 6.07) is 5.59. The van der Waals surface area contributed by atoms with Gasteiger partial charge in [0.15, 0.2) is 6.29 Å². The van der Waals surface area contributed by atoms with E-state index in [-0.39, 0.29) is 11.9 Å². The molecule has 2 aromatic rings. The summed E-state index contributed by atoms with van der Waals surface area (Å²) in [5, 5.41) is 4.41. The van der Waals surface area contributed by atoms with Crippen LogP contribution in [0.3, 0.4) is 0 Å². The zero-order chi connectivity index (χ0) is 16.3. The normalized spacial score (nSPS) is 32.1. The number of hydrogen-bond acceptors (Lipinski definition) is 4. The highest BCUT2D eigenvalue weighted by Gasteiger charge is 2.42. The molecule has 24 heavy (non-hydrogen) atoms. The van der Waals surface area contributed by atoms with Crippen molar-refractivity contribution in [2.75, 3.05) is 19.6 Å². The van der Waals surface area contributed by atoms with E-state index in [1.54, 1.807) is 4.57 Å². The highest BCUT2D eigenvalue weighted by Crippen LogP contribution is 2.36. The van der Waals surface area contributed by atoms with Gasteiger partial charge in [0, 0.05) is 30.2 Å². The van der Waals surface area contributed by atoms with Crippen molar-refractivity contribution >= 4 is 23.1 Å². The van der Waals surface area contributed by atoms with Gasteiger partial charge >= 0.3 is 0 Å². The Kier molecular flexibility index (Phi) is 3.15. The molecule has 1 unspecified atom stereocenters. The summed E-state index contributed by atoms with van der Waals surface area (Å²) >= 11 is 0. The number of rotatable bonds is 2. The lowest BCUT2D eigenvalue weighted by Gasteiger charge is -2.47.